The first-order valence-corrected chi connectivity index (χ1v) is 7.16. The van der Waals surface area contributed by atoms with Crippen LogP contribution in [0.4, 0.5) is 19.3 Å². The molecule has 0 unspecified atom stereocenters. The Hall–Kier alpha value is -2.48. The summed E-state index contributed by atoms with van der Waals surface area (Å²) in [6.07, 6.45) is 1.69. The van der Waals surface area contributed by atoms with Crippen LogP contribution in [0.1, 0.15) is 17.1 Å². The number of hydrogen-bond acceptors (Lipinski definition) is 3. The maximum absolute atomic E-state index is 13.5. The Morgan fingerprint density at radius 2 is 2.26 bits per heavy atom. The lowest BCUT2D eigenvalue weighted by Gasteiger charge is -2.17. The number of imidazole rings is 1. The van der Waals surface area contributed by atoms with E-state index in [0.29, 0.717) is 19.8 Å². The van der Waals surface area contributed by atoms with Crippen molar-refractivity contribution >= 4 is 11.7 Å². The Labute approximate surface area is 131 Å². The lowest BCUT2D eigenvalue weighted by atomic mass is 10.2. The summed E-state index contributed by atoms with van der Waals surface area (Å²) in [7, 11) is 0. The Morgan fingerprint density at radius 1 is 1.43 bits per heavy atom. The summed E-state index contributed by atoms with van der Waals surface area (Å²) in [6.45, 7) is 3.44. The predicted octanol–water partition coefficient (Wildman–Crippen LogP) is 2.32. The van der Waals surface area contributed by atoms with E-state index in [-0.39, 0.29) is 17.8 Å². The topological polar surface area (TPSA) is 68.2 Å². The third-order valence-electron chi connectivity index (χ3n) is 3.73. The maximum Gasteiger partial charge on any atom is 0.319 e. The molecule has 0 saturated heterocycles. The molecule has 1 aliphatic heterocycles. The number of carbonyl (C=O) groups is 1. The summed E-state index contributed by atoms with van der Waals surface area (Å²) in [5, 5.41) is 5.19. The first-order chi connectivity index (χ1) is 11.1. The molecule has 2 N–H and O–H groups in total. The van der Waals surface area contributed by atoms with Crippen molar-refractivity contribution in [3.05, 3.63) is 47.0 Å². The highest BCUT2D eigenvalue weighted by Gasteiger charge is 2.15. The zero-order valence-corrected chi connectivity index (χ0v) is 12.5. The number of nitrogens with one attached hydrogen (secondary N) is 2. The zero-order valence-electron chi connectivity index (χ0n) is 12.5. The number of aromatic nitrogens is 2. The van der Waals surface area contributed by atoms with Crippen LogP contribution < -0.4 is 10.6 Å². The van der Waals surface area contributed by atoms with Crippen molar-refractivity contribution in [2.24, 2.45) is 0 Å². The minimum absolute atomic E-state index is 0.0547. The number of anilines is 1. The van der Waals surface area contributed by atoms with Crippen LogP contribution in [-0.4, -0.2) is 22.2 Å². The fourth-order valence-corrected chi connectivity index (χ4v) is 2.43. The second-order valence-corrected chi connectivity index (χ2v) is 5.21. The van der Waals surface area contributed by atoms with Gasteiger partial charge in [0.1, 0.15) is 12.4 Å². The molecule has 0 spiro atoms. The fraction of sp³-hybridized carbons (Fsp3) is 0.333. The molecule has 3 rings (SSSR count). The molecule has 2 heterocycles. The third-order valence-corrected chi connectivity index (χ3v) is 3.73. The molecule has 6 nitrogen and oxygen atoms in total. The van der Waals surface area contributed by atoms with Crippen molar-refractivity contribution in [3.8, 4) is 0 Å². The Balaban J connectivity index is 1.62. The summed E-state index contributed by atoms with van der Waals surface area (Å²) in [5.41, 5.74) is 1.14. The standard InChI is InChI=1S/C15H16F2N4O2/c1-9-12(3-2-11(16)14(9)17)20-15(22)19-7-10-6-18-13-8-23-5-4-21(10)13/h2-3,6H,4-5,7-8H2,1H3,(H2,19,20,22). The molecule has 0 bridgehead atoms. The molecule has 23 heavy (non-hydrogen) atoms. The van der Waals surface area contributed by atoms with E-state index in [0.717, 1.165) is 17.6 Å². The number of nitrogens with zero attached hydrogens (tertiary/aromatic N) is 2. The van der Waals surface area contributed by atoms with Gasteiger partial charge in [-0.3, -0.25) is 0 Å². The van der Waals surface area contributed by atoms with Crippen LogP contribution in [0.3, 0.4) is 0 Å². The largest absolute Gasteiger partial charge is 0.372 e. The quantitative estimate of drug-likeness (QED) is 0.911. The van der Waals surface area contributed by atoms with Crippen LogP contribution in [0.2, 0.25) is 0 Å². The summed E-state index contributed by atoms with van der Waals surface area (Å²) >= 11 is 0. The van der Waals surface area contributed by atoms with Crippen LogP contribution in [-0.2, 0) is 24.4 Å². The van der Waals surface area contributed by atoms with E-state index >= 15 is 0 Å². The van der Waals surface area contributed by atoms with Crippen LogP contribution in [0.5, 0.6) is 0 Å². The average molecular weight is 322 g/mol. The highest BCUT2D eigenvalue weighted by atomic mass is 19.2. The molecular formula is C15H16F2N4O2. The normalized spacial score (nSPS) is 13.5. The van der Waals surface area contributed by atoms with Crippen molar-refractivity contribution in [2.45, 2.75) is 26.6 Å². The molecule has 0 atom stereocenters. The summed E-state index contributed by atoms with van der Waals surface area (Å²) in [6, 6.07) is 1.80. The van der Waals surface area contributed by atoms with Gasteiger partial charge in [-0.2, -0.15) is 0 Å². The van der Waals surface area contributed by atoms with E-state index in [1.807, 2.05) is 4.57 Å². The van der Waals surface area contributed by atoms with Gasteiger partial charge in [0.2, 0.25) is 0 Å². The van der Waals surface area contributed by atoms with E-state index in [4.69, 9.17) is 4.74 Å². The average Bonchev–Trinajstić information content (AvgIpc) is 2.97. The molecule has 0 aliphatic carbocycles. The Morgan fingerprint density at radius 3 is 3.09 bits per heavy atom. The van der Waals surface area contributed by atoms with Gasteiger partial charge < -0.3 is 19.9 Å². The van der Waals surface area contributed by atoms with Gasteiger partial charge in [-0.1, -0.05) is 0 Å². The first-order valence-electron chi connectivity index (χ1n) is 7.16. The van der Waals surface area contributed by atoms with Gasteiger partial charge in [-0.05, 0) is 19.1 Å². The smallest absolute Gasteiger partial charge is 0.319 e. The van der Waals surface area contributed by atoms with Gasteiger partial charge in [-0.25, -0.2) is 18.6 Å². The van der Waals surface area contributed by atoms with Crippen LogP contribution in [0.15, 0.2) is 18.3 Å². The second-order valence-electron chi connectivity index (χ2n) is 5.21. The highest BCUT2D eigenvalue weighted by Crippen LogP contribution is 2.20. The Bertz CT molecular complexity index is 745. The first kappa shape index (κ1) is 15.4. The van der Waals surface area contributed by atoms with Gasteiger partial charge in [0.25, 0.3) is 0 Å². The number of urea groups is 1. The van der Waals surface area contributed by atoms with Gasteiger partial charge in [0.05, 0.1) is 25.0 Å². The van der Waals surface area contributed by atoms with Crippen LogP contribution in [0.25, 0.3) is 0 Å². The van der Waals surface area contributed by atoms with E-state index < -0.39 is 17.7 Å². The molecule has 8 heteroatoms. The monoisotopic (exact) mass is 322 g/mol. The minimum Gasteiger partial charge on any atom is -0.372 e. The molecule has 0 fully saturated rings. The van der Waals surface area contributed by atoms with Crippen molar-refractivity contribution in [1.82, 2.24) is 14.9 Å². The van der Waals surface area contributed by atoms with E-state index in [1.165, 1.54) is 13.0 Å². The molecule has 2 aromatic rings. The molecule has 0 saturated carbocycles. The molecule has 1 aromatic heterocycles. The van der Waals surface area contributed by atoms with Gasteiger partial charge in [0, 0.05) is 17.8 Å². The Kier molecular flexibility index (Phi) is 4.24. The SMILES string of the molecule is Cc1c(NC(=O)NCc2cnc3n2CCOC3)ccc(F)c1F. The lowest BCUT2D eigenvalue weighted by molar-refractivity contribution is 0.0806. The molecule has 2 amide bonds. The molecule has 0 radical (unpaired) electrons. The van der Waals surface area contributed by atoms with E-state index in [1.54, 1.807) is 6.20 Å². The van der Waals surface area contributed by atoms with E-state index in [9.17, 15) is 13.6 Å². The third kappa shape index (κ3) is 3.16. The summed E-state index contributed by atoms with van der Waals surface area (Å²) in [4.78, 5) is 16.2. The van der Waals surface area contributed by atoms with Gasteiger partial charge in [-0.15, -0.1) is 0 Å². The number of halogens is 2. The van der Waals surface area contributed by atoms with Crippen molar-refractivity contribution in [3.63, 3.8) is 0 Å². The van der Waals surface area contributed by atoms with Gasteiger partial charge in [0.15, 0.2) is 11.6 Å². The van der Waals surface area contributed by atoms with Crippen molar-refractivity contribution < 1.29 is 18.3 Å². The number of benzene rings is 1. The second kappa shape index (κ2) is 6.33. The van der Waals surface area contributed by atoms with Crippen LogP contribution >= 0.6 is 0 Å². The lowest BCUT2D eigenvalue weighted by Crippen LogP contribution is -2.30. The molecular weight excluding hydrogens is 306 g/mol. The predicted molar refractivity (Wildman–Crippen MR) is 78.8 cm³/mol. The highest BCUT2D eigenvalue weighted by molar-refractivity contribution is 5.90. The zero-order chi connectivity index (χ0) is 16.4. The molecule has 1 aromatic carbocycles. The molecule has 122 valence electrons. The minimum atomic E-state index is -0.965. The van der Waals surface area contributed by atoms with Crippen LogP contribution in [0, 0.1) is 18.6 Å². The fourth-order valence-electron chi connectivity index (χ4n) is 2.43. The van der Waals surface area contributed by atoms with Crippen molar-refractivity contribution in [2.75, 3.05) is 11.9 Å². The summed E-state index contributed by atoms with van der Waals surface area (Å²) in [5.74, 6) is -1.08. The van der Waals surface area contributed by atoms with Crippen molar-refractivity contribution in [1.29, 1.82) is 0 Å². The number of hydrogen-bond donors (Lipinski definition) is 2. The summed E-state index contributed by atoms with van der Waals surface area (Å²) < 4.78 is 33.8. The number of ether oxygens (including phenoxy) is 1. The number of amides is 2. The van der Waals surface area contributed by atoms with E-state index in [2.05, 4.69) is 15.6 Å². The number of carbonyl (C=O) groups excluding carboxylic acids is 1. The van der Waals surface area contributed by atoms with Gasteiger partial charge >= 0.3 is 6.03 Å². The molecule has 1 aliphatic rings. The number of rotatable bonds is 3. The maximum atomic E-state index is 13.5. The number of fused-ring (bicyclic) bond motifs is 1.